The smallest absolute Gasteiger partial charge is 0.310 e. The number of nitrogens with zero attached hydrogens (tertiary/aromatic N) is 1. The minimum absolute atomic E-state index is 0.210. The van der Waals surface area contributed by atoms with Crippen LogP contribution in [0.4, 0.5) is 0 Å². The molecule has 0 amide bonds. The van der Waals surface area contributed by atoms with Crippen molar-refractivity contribution >= 4 is 11.9 Å². The van der Waals surface area contributed by atoms with Crippen LogP contribution < -0.4 is 10.6 Å². The van der Waals surface area contributed by atoms with Gasteiger partial charge in [-0.1, -0.05) is 36.8 Å². The van der Waals surface area contributed by atoms with Gasteiger partial charge in [0, 0.05) is 13.1 Å². The second-order valence-corrected chi connectivity index (χ2v) is 4.99. The van der Waals surface area contributed by atoms with Gasteiger partial charge in [-0.2, -0.15) is 0 Å². The molecule has 21 heavy (non-hydrogen) atoms. The van der Waals surface area contributed by atoms with Crippen LogP contribution in [0.25, 0.3) is 0 Å². The number of ether oxygens (including phenoxy) is 1. The predicted molar refractivity (Wildman–Crippen MR) is 85.2 cm³/mol. The highest BCUT2D eigenvalue weighted by atomic mass is 16.5. The van der Waals surface area contributed by atoms with Gasteiger partial charge in [-0.3, -0.25) is 4.79 Å². The first-order valence-corrected chi connectivity index (χ1v) is 7.22. The largest absolute Gasteiger partial charge is 0.469 e. The normalized spacial score (nSPS) is 12.7. The first-order chi connectivity index (χ1) is 10.1. The molecule has 0 aliphatic heterocycles. The van der Waals surface area contributed by atoms with E-state index in [1.165, 1.54) is 12.7 Å². The maximum atomic E-state index is 11.4. The summed E-state index contributed by atoms with van der Waals surface area (Å²) in [5.41, 5.74) is 2.39. The molecular formula is C16H25N3O2. The third-order valence-corrected chi connectivity index (χ3v) is 3.06. The van der Waals surface area contributed by atoms with E-state index in [-0.39, 0.29) is 11.9 Å². The summed E-state index contributed by atoms with van der Waals surface area (Å²) in [7, 11) is 1.40. The highest BCUT2D eigenvalue weighted by Gasteiger charge is 2.13. The number of carbonyl (C=O) groups excluding carboxylic acids is 1. The van der Waals surface area contributed by atoms with Gasteiger partial charge in [-0.15, -0.1) is 0 Å². The molecule has 0 saturated heterocycles. The number of aryl methyl sites for hydroxylation is 1. The second-order valence-electron chi connectivity index (χ2n) is 4.99. The van der Waals surface area contributed by atoms with Crippen LogP contribution in [-0.4, -0.2) is 32.1 Å². The monoisotopic (exact) mass is 291 g/mol. The first kappa shape index (κ1) is 17.0. The van der Waals surface area contributed by atoms with Crippen molar-refractivity contribution in [3.05, 3.63) is 35.4 Å². The average molecular weight is 291 g/mol. The van der Waals surface area contributed by atoms with Crippen molar-refractivity contribution in [2.75, 3.05) is 20.2 Å². The molecule has 1 unspecified atom stereocenters. The Balaban J connectivity index is 2.57. The fraction of sp³-hybridized carbons (Fsp3) is 0.500. The lowest BCUT2D eigenvalue weighted by Gasteiger charge is -2.14. The number of hydrogen-bond donors (Lipinski definition) is 2. The summed E-state index contributed by atoms with van der Waals surface area (Å²) in [6, 6.07) is 8.29. The molecule has 1 rings (SSSR count). The Hall–Kier alpha value is -2.04. The topological polar surface area (TPSA) is 62.7 Å². The van der Waals surface area contributed by atoms with E-state index in [9.17, 15) is 4.79 Å². The molecule has 0 heterocycles. The van der Waals surface area contributed by atoms with Crippen molar-refractivity contribution in [2.24, 2.45) is 10.9 Å². The molecule has 0 bridgehead atoms. The van der Waals surface area contributed by atoms with Gasteiger partial charge in [-0.25, -0.2) is 4.99 Å². The fourth-order valence-electron chi connectivity index (χ4n) is 1.74. The highest BCUT2D eigenvalue weighted by molar-refractivity contribution is 5.80. The number of nitrogens with one attached hydrogen (secondary N) is 2. The summed E-state index contributed by atoms with van der Waals surface area (Å²) < 4.78 is 4.71. The van der Waals surface area contributed by atoms with Gasteiger partial charge in [0.1, 0.15) is 0 Å². The summed E-state index contributed by atoms with van der Waals surface area (Å²) in [6.45, 7) is 7.75. The zero-order valence-corrected chi connectivity index (χ0v) is 13.3. The molecule has 0 aliphatic rings. The Morgan fingerprint density at radius 3 is 2.52 bits per heavy atom. The van der Waals surface area contributed by atoms with Gasteiger partial charge in [0.15, 0.2) is 5.96 Å². The minimum Gasteiger partial charge on any atom is -0.469 e. The summed E-state index contributed by atoms with van der Waals surface area (Å²) in [5.74, 6) is 0.268. The van der Waals surface area contributed by atoms with E-state index in [1.54, 1.807) is 0 Å². The third kappa shape index (κ3) is 6.29. The maximum absolute atomic E-state index is 11.4. The molecule has 2 N–H and O–H groups in total. The van der Waals surface area contributed by atoms with Gasteiger partial charge < -0.3 is 15.4 Å². The lowest BCUT2D eigenvalue weighted by molar-refractivity contribution is -0.144. The summed E-state index contributed by atoms with van der Waals surface area (Å²) in [6.07, 6.45) is 0. The summed E-state index contributed by atoms with van der Waals surface area (Å²) in [5, 5.41) is 6.32. The number of aliphatic imine (C=N–C) groups is 1. The zero-order chi connectivity index (χ0) is 15.7. The second kappa shape index (κ2) is 9.00. The highest BCUT2D eigenvalue weighted by Crippen LogP contribution is 2.04. The molecule has 0 spiro atoms. The van der Waals surface area contributed by atoms with Gasteiger partial charge >= 0.3 is 5.97 Å². The van der Waals surface area contributed by atoms with Crippen molar-refractivity contribution in [3.8, 4) is 0 Å². The average Bonchev–Trinajstić information content (AvgIpc) is 2.50. The van der Waals surface area contributed by atoms with Gasteiger partial charge in [0.2, 0.25) is 0 Å². The number of hydrogen-bond acceptors (Lipinski definition) is 3. The van der Waals surface area contributed by atoms with Crippen molar-refractivity contribution in [1.29, 1.82) is 0 Å². The Kier molecular flexibility index (Phi) is 7.29. The molecule has 0 saturated carbocycles. The maximum Gasteiger partial charge on any atom is 0.310 e. The molecule has 0 aromatic heterocycles. The van der Waals surface area contributed by atoms with Crippen LogP contribution in [0.15, 0.2) is 29.3 Å². The van der Waals surface area contributed by atoms with E-state index in [0.29, 0.717) is 19.0 Å². The van der Waals surface area contributed by atoms with Crippen LogP contribution in [0.3, 0.4) is 0 Å². The van der Waals surface area contributed by atoms with E-state index in [4.69, 9.17) is 4.74 Å². The molecule has 116 valence electrons. The Bertz CT molecular complexity index is 469. The lowest BCUT2D eigenvalue weighted by Crippen LogP contribution is -2.40. The Morgan fingerprint density at radius 1 is 1.29 bits per heavy atom. The third-order valence-electron chi connectivity index (χ3n) is 3.06. The number of benzene rings is 1. The van der Waals surface area contributed by atoms with Crippen molar-refractivity contribution in [3.63, 3.8) is 0 Å². The summed E-state index contributed by atoms with van der Waals surface area (Å²) in [4.78, 5) is 15.9. The Morgan fingerprint density at radius 2 is 1.95 bits per heavy atom. The number of esters is 1. The van der Waals surface area contributed by atoms with E-state index in [0.717, 1.165) is 12.1 Å². The molecular weight excluding hydrogens is 266 g/mol. The molecule has 1 aromatic carbocycles. The Labute approximate surface area is 126 Å². The first-order valence-electron chi connectivity index (χ1n) is 7.22. The van der Waals surface area contributed by atoms with Crippen molar-refractivity contribution < 1.29 is 9.53 Å². The molecule has 0 radical (unpaired) electrons. The molecule has 0 fully saturated rings. The zero-order valence-electron chi connectivity index (χ0n) is 13.3. The molecule has 5 nitrogen and oxygen atoms in total. The van der Waals surface area contributed by atoms with Crippen LogP contribution in [0.1, 0.15) is 25.0 Å². The number of carbonyl (C=O) groups is 1. The molecule has 5 heteroatoms. The predicted octanol–water partition coefficient (Wildman–Crippen LogP) is 1.86. The number of guanidine groups is 1. The van der Waals surface area contributed by atoms with Gasteiger partial charge in [0.25, 0.3) is 0 Å². The number of methoxy groups -OCH3 is 1. The van der Waals surface area contributed by atoms with E-state index < -0.39 is 0 Å². The van der Waals surface area contributed by atoms with Crippen molar-refractivity contribution in [1.82, 2.24) is 10.6 Å². The van der Waals surface area contributed by atoms with Crippen LogP contribution in [-0.2, 0) is 16.1 Å². The lowest BCUT2D eigenvalue weighted by atomic mass is 10.1. The van der Waals surface area contributed by atoms with E-state index in [2.05, 4.69) is 46.8 Å². The van der Waals surface area contributed by atoms with Crippen LogP contribution in [0.5, 0.6) is 0 Å². The summed E-state index contributed by atoms with van der Waals surface area (Å²) >= 11 is 0. The fourth-order valence-corrected chi connectivity index (χ4v) is 1.74. The van der Waals surface area contributed by atoms with Gasteiger partial charge in [0.05, 0.1) is 19.6 Å². The molecule has 0 aliphatic carbocycles. The molecule has 1 aromatic rings. The van der Waals surface area contributed by atoms with Crippen LogP contribution >= 0.6 is 0 Å². The minimum atomic E-state index is -0.225. The van der Waals surface area contributed by atoms with E-state index in [1.807, 2.05) is 13.8 Å². The van der Waals surface area contributed by atoms with Crippen molar-refractivity contribution in [2.45, 2.75) is 27.3 Å². The standard InChI is InChI=1S/C16H25N3O2/c1-5-17-16(18-10-13(3)15(20)21-4)19-11-14-8-6-12(2)7-9-14/h6-9,13H,5,10-11H2,1-4H3,(H2,17,18,19). The van der Waals surface area contributed by atoms with Crippen LogP contribution in [0.2, 0.25) is 0 Å². The van der Waals surface area contributed by atoms with Crippen LogP contribution in [0, 0.1) is 12.8 Å². The molecule has 1 atom stereocenters. The van der Waals surface area contributed by atoms with E-state index >= 15 is 0 Å². The quantitative estimate of drug-likeness (QED) is 0.477. The van der Waals surface area contributed by atoms with Gasteiger partial charge in [-0.05, 0) is 19.4 Å². The number of rotatable bonds is 6. The SMILES string of the molecule is CCNC(=NCc1ccc(C)cc1)NCC(C)C(=O)OC.